The van der Waals surface area contributed by atoms with Gasteiger partial charge in [0, 0.05) is 24.4 Å². The SMILES string of the molecule is O=C(NC(CCO)c1ccccc1)c1cc[nH]c(=O)c1. The first-order chi connectivity index (χ1) is 9.70. The van der Waals surface area contributed by atoms with E-state index in [2.05, 4.69) is 10.3 Å². The van der Waals surface area contributed by atoms with Crippen molar-refractivity contribution in [2.75, 3.05) is 6.61 Å². The number of rotatable bonds is 5. The highest BCUT2D eigenvalue weighted by Gasteiger charge is 2.15. The second kappa shape index (κ2) is 6.68. The van der Waals surface area contributed by atoms with Crippen LogP contribution in [0, 0.1) is 0 Å². The van der Waals surface area contributed by atoms with E-state index < -0.39 is 0 Å². The van der Waals surface area contributed by atoms with Crippen LogP contribution in [0.3, 0.4) is 0 Å². The summed E-state index contributed by atoms with van der Waals surface area (Å²) in [5.74, 6) is -0.335. The van der Waals surface area contributed by atoms with E-state index in [1.807, 2.05) is 30.3 Å². The highest BCUT2D eigenvalue weighted by atomic mass is 16.3. The second-order valence-corrected chi connectivity index (χ2v) is 4.39. The van der Waals surface area contributed by atoms with Gasteiger partial charge in [-0.1, -0.05) is 30.3 Å². The van der Waals surface area contributed by atoms with E-state index >= 15 is 0 Å². The second-order valence-electron chi connectivity index (χ2n) is 4.39. The molecule has 1 aromatic carbocycles. The standard InChI is InChI=1S/C15H16N2O3/c18-9-7-13(11-4-2-1-3-5-11)17-15(20)12-6-8-16-14(19)10-12/h1-6,8,10,13,18H,7,9H2,(H,16,19)(H,17,20). The molecule has 0 radical (unpaired) electrons. The van der Waals surface area contributed by atoms with Crippen LogP contribution < -0.4 is 10.9 Å². The number of benzene rings is 1. The summed E-state index contributed by atoms with van der Waals surface area (Å²) in [6, 6.07) is 11.9. The van der Waals surface area contributed by atoms with Gasteiger partial charge < -0.3 is 15.4 Å². The quantitative estimate of drug-likeness (QED) is 0.765. The van der Waals surface area contributed by atoms with Crippen LogP contribution in [0.15, 0.2) is 53.5 Å². The van der Waals surface area contributed by atoms with Crippen molar-refractivity contribution in [3.05, 3.63) is 70.1 Å². The zero-order valence-electron chi connectivity index (χ0n) is 10.9. The molecule has 1 heterocycles. The normalized spacial score (nSPS) is 11.8. The Hall–Kier alpha value is -2.40. The molecule has 0 saturated carbocycles. The number of aliphatic hydroxyl groups excluding tert-OH is 1. The smallest absolute Gasteiger partial charge is 0.252 e. The van der Waals surface area contributed by atoms with Gasteiger partial charge in [-0.2, -0.15) is 0 Å². The van der Waals surface area contributed by atoms with Crippen molar-refractivity contribution in [3.63, 3.8) is 0 Å². The van der Waals surface area contributed by atoms with E-state index in [4.69, 9.17) is 5.11 Å². The molecule has 0 saturated heterocycles. The zero-order valence-corrected chi connectivity index (χ0v) is 10.9. The minimum absolute atomic E-state index is 0.0325. The van der Waals surface area contributed by atoms with E-state index in [-0.39, 0.29) is 24.1 Å². The van der Waals surface area contributed by atoms with Crippen LogP contribution in [-0.2, 0) is 0 Å². The summed E-state index contributed by atoms with van der Waals surface area (Å²) in [5.41, 5.74) is 0.892. The summed E-state index contributed by atoms with van der Waals surface area (Å²) < 4.78 is 0. The molecule has 1 unspecified atom stereocenters. The van der Waals surface area contributed by atoms with Gasteiger partial charge in [-0.3, -0.25) is 9.59 Å². The predicted molar refractivity (Wildman–Crippen MR) is 75.4 cm³/mol. The molecule has 0 aliphatic rings. The molecule has 0 fully saturated rings. The molecule has 2 rings (SSSR count). The summed E-state index contributed by atoms with van der Waals surface area (Å²) in [6.45, 7) is -0.0325. The lowest BCUT2D eigenvalue weighted by Gasteiger charge is -2.18. The van der Waals surface area contributed by atoms with Crippen LogP contribution in [-0.4, -0.2) is 22.6 Å². The van der Waals surface area contributed by atoms with Gasteiger partial charge >= 0.3 is 0 Å². The summed E-state index contributed by atoms with van der Waals surface area (Å²) in [4.78, 5) is 25.8. The van der Waals surface area contributed by atoms with E-state index in [1.54, 1.807) is 0 Å². The van der Waals surface area contributed by atoms with Crippen LogP contribution in [0.4, 0.5) is 0 Å². The van der Waals surface area contributed by atoms with E-state index in [0.717, 1.165) is 5.56 Å². The van der Waals surface area contributed by atoms with Gasteiger partial charge in [-0.15, -0.1) is 0 Å². The number of amides is 1. The summed E-state index contributed by atoms with van der Waals surface area (Å²) >= 11 is 0. The van der Waals surface area contributed by atoms with Crippen LogP contribution in [0.5, 0.6) is 0 Å². The Labute approximate surface area is 116 Å². The third-order valence-electron chi connectivity index (χ3n) is 2.96. The van der Waals surface area contributed by atoms with Crippen molar-refractivity contribution >= 4 is 5.91 Å². The third kappa shape index (κ3) is 3.55. The Morgan fingerprint density at radius 1 is 1.25 bits per heavy atom. The van der Waals surface area contributed by atoms with Gasteiger partial charge in [0.1, 0.15) is 0 Å². The van der Waals surface area contributed by atoms with Crippen molar-refractivity contribution in [3.8, 4) is 0 Å². The van der Waals surface area contributed by atoms with E-state index in [1.165, 1.54) is 18.3 Å². The highest BCUT2D eigenvalue weighted by Crippen LogP contribution is 2.16. The molecule has 0 spiro atoms. The topological polar surface area (TPSA) is 82.2 Å². The first-order valence-electron chi connectivity index (χ1n) is 6.36. The zero-order chi connectivity index (χ0) is 14.4. The van der Waals surface area contributed by atoms with Gasteiger partial charge in [0.15, 0.2) is 0 Å². The number of H-pyrrole nitrogens is 1. The molecule has 5 heteroatoms. The molecule has 1 aromatic heterocycles. The van der Waals surface area contributed by atoms with Crippen molar-refractivity contribution < 1.29 is 9.90 Å². The Morgan fingerprint density at radius 3 is 2.65 bits per heavy atom. The number of aliphatic hydroxyl groups is 1. The third-order valence-corrected chi connectivity index (χ3v) is 2.96. The number of hydrogen-bond acceptors (Lipinski definition) is 3. The molecule has 0 aliphatic heterocycles. The summed E-state index contributed by atoms with van der Waals surface area (Å²) in [6.07, 6.45) is 1.85. The molecule has 0 aliphatic carbocycles. The maximum Gasteiger partial charge on any atom is 0.252 e. The van der Waals surface area contributed by atoms with Crippen LogP contribution in [0.25, 0.3) is 0 Å². The molecule has 2 aromatic rings. The average molecular weight is 272 g/mol. The first kappa shape index (κ1) is 14.0. The Morgan fingerprint density at radius 2 is 2.00 bits per heavy atom. The molecule has 1 atom stereocenters. The van der Waals surface area contributed by atoms with Crippen LogP contribution in [0.1, 0.15) is 28.4 Å². The number of pyridine rings is 1. The van der Waals surface area contributed by atoms with Crippen molar-refractivity contribution in [2.45, 2.75) is 12.5 Å². The minimum Gasteiger partial charge on any atom is -0.396 e. The summed E-state index contributed by atoms with van der Waals surface area (Å²) in [5, 5.41) is 11.9. The maximum absolute atomic E-state index is 12.1. The number of carbonyl (C=O) groups is 1. The van der Waals surface area contributed by atoms with Crippen LogP contribution >= 0.6 is 0 Å². The number of nitrogens with one attached hydrogen (secondary N) is 2. The van der Waals surface area contributed by atoms with Crippen molar-refractivity contribution in [2.24, 2.45) is 0 Å². The van der Waals surface area contributed by atoms with Gasteiger partial charge in [-0.05, 0) is 18.1 Å². The first-order valence-corrected chi connectivity index (χ1v) is 6.36. The Balaban J connectivity index is 2.16. The molecule has 5 nitrogen and oxygen atoms in total. The number of hydrogen-bond donors (Lipinski definition) is 3. The van der Waals surface area contributed by atoms with E-state index in [0.29, 0.717) is 12.0 Å². The fraction of sp³-hybridized carbons (Fsp3) is 0.200. The fourth-order valence-electron chi connectivity index (χ4n) is 1.96. The lowest BCUT2D eigenvalue weighted by Crippen LogP contribution is -2.30. The molecule has 3 N–H and O–H groups in total. The number of aromatic amines is 1. The fourth-order valence-corrected chi connectivity index (χ4v) is 1.96. The minimum atomic E-state index is -0.335. The van der Waals surface area contributed by atoms with Crippen molar-refractivity contribution in [1.29, 1.82) is 0 Å². The molecular formula is C15H16N2O3. The van der Waals surface area contributed by atoms with E-state index in [9.17, 15) is 9.59 Å². The molecule has 104 valence electrons. The van der Waals surface area contributed by atoms with Gasteiger partial charge in [0.25, 0.3) is 5.91 Å². The largest absolute Gasteiger partial charge is 0.396 e. The molecule has 1 amide bonds. The van der Waals surface area contributed by atoms with Gasteiger partial charge in [-0.25, -0.2) is 0 Å². The predicted octanol–water partition coefficient (Wildman–Crippen LogP) is 1.23. The lowest BCUT2D eigenvalue weighted by molar-refractivity contribution is 0.0929. The Bertz CT molecular complexity index is 622. The maximum atomic E-state index is 12.1. The lowest BCUT2D eigenvalue weighted by atomic mass is 10.0. The molecule has 0 bridgehead atoms. The monoisotopic (exact) mass is 272 g/mol. The molecule has 20 heavy (non-hydrogen) atoms. The molecular weight excluding hydrogens is 256 g/mol. The number of aromatic nitrogens is 1. The highest BCUT2D eigenvalue weighted by molar-refractivity contribution is 5.94. The van der Waals surface area contributed by atoms with Gasteiger partial charge in [0.05, 0.1) is 6.04 Å². The van der Waals surface area contributed by atoms with Crippen LogP contribution in [0.2, 0.25) is 0 Å². The summed E-state index contributed by atoms with van der Waals surface area (Å²) in [7, 11) is 0. The Kier molecular flexibility index (Phi) is 4.68. The van der Waals surface area contributed by atoms with Gasteiger partial charge in [0.2, 0.25) is 5.56 Å². The van der Waals surface area contributed by atoms with Crippen molar-refractivity contribution in [1.82, 2.24) is 10.3 Å². The number of carbonyl (C=O) groups excluding carboxylic acids is 1. The average Bonchev–Trinajstić information content (AvgIpc) is 2.47.